The molecule has 1 atom stereocenters. The van der Waals surface area contributed by atoms with Gasteiger partial charge >= 0.3 is 7.82 Å². The fourth-order valence-electron chi connectivity index (χ4n) is 3.94. The minimum absolute atomic E-state index is 0.388. The molecule has 1 unspecified atom stereocenters. The molecule has 0 aliphatic carbocycles. The van der Waals surface area contributed by atoms with Crippen LogP contribution in [0.4, 0.5) is 0 Å². The summed E-state index contributed by atoms with van der Waals surface area (Å²) in [6.45, 7) is 7.87. The summed E-state index contributed by atoms with van der Waals surface area (Å²) in [5, 5.41) is 0. The van der Waals surface area contributed by atoms with E-state index in [1.165, 1.54) is 83.5 Å². The highest BCUT2D eigenvalue weighted by molar-refractivity contribution is 7.46. The van der Waals surface area contributed by atoms with Gasteiger partial charge in [-0.1, -0.05) is 97.0 Å². The summed E-state index contributed by atoms with van der Waals surface area (Å²) < 4.78 is 22.4. The summed E-state index contributed by atoms with van der Waals surface area (Å²) in [6, 6.07) is 0. The van der Waals surface area contributed by atoms with Gasteiger partial charge in [0.1, 0.15) is 12.6 Å². The molecule has 0 bridgehead atoms. The van der Waals surface area contributed by atoms with Crippen molar-refractivity contribution in [3.8, 4) is 0 Å². The maximum Gasteiger partial charge on any atom is 0.470 e. The topological polar surface area (TPSA) is 76.0 Å². The van der Waals surface area contributed by atoms with Crippen molar-refractivity contribution in [3.05, 3.63) is 12.2 Å². The Kier molecular flexibility index (Phi) is 19.0. The Hall–Kier alpha value is -0.230. The number of unbranched alkanes of at least 4 members (excludes halogenated alkanes) is 13. The second-order valence-corrected chi connectivity index (χ2v) is 11.5. The molecule has 0 heterocycles. The van der Waals surface area contributed by atoms with E-state index in [9.17, 15) is 4.57 Å². The van der Waals surface area contributed by atoms with Crippen LogP contribution in [-0.2, 0) is 13.8 Å². The van der Waals surface area contributed by atoms with E-state index in [-0.39, 0.29) is 0 Å². The molecule has 0 saturated carbocycles. The zero-order chi connectivity index (χ0) is 24.3. The summed E-state index contributed by atoms with van der Waals surface area (Å²) in [5.74, 6) is 0. The fourth-order valence-corrected chi connectivity index (χ4v) is 4.47. The van der Waals surface area contributed by atoms with E-state index in [1.807, 2.05) is 21.1 Å². The van der Waals surface area contributed by atoms with Gasteiger partial charge in [0.2, 0.25) is 0 Å². The number of nitrogens with zero attached hydrogens (tertiary/aromatic N) is 1. The minimum atomic E-state index is -4.52. The van der Waals surface area contributed by atoms with Crippen molar-refractivity contribution in [3.63, 3.8) is 0 Å². The zero-order valence-corrected chi connectivity index (χ0v) is 22.4. The van der Waals surface area contributed by atoms with Crippen molar-refractivity contribution in [1.82, 2.24) is 0 Å². The number of phosphoric ester groups is 1. The van der Waals surface area contributed by atoms with Gasteiger partial charge in [0.25, 0.3) is 0 Å². The van der Waals surface area contributed by atoms with Crippen LogP contribution in [0, 0.1) is 0 Å². The first-order chi connectivity index (χ1) is 15.0. The molecule has 0 saturated heterocycles. The Balaban J connectivity index is 3.62. The van der Waals surface area contributed by atoms with Crippen molar-refractivity contribution >= 4 is 7.82 Å². The SMILES string of the molecule is C=C(COCCCCCCCCCCCCCCCC)CC(C[N+](C)(C)C)OP(=O)(O)O. The van der Waals surface area contributed by atoms with Crippen molar-refractivity contribution in [2.45, 2.75) is 109 Å². The van der Waals surface area contributed by atoms with Crippen molar-refractivity contribution in [2.24, 2.45) is 0 Å². The number of ether oxygens (including phenoxy) is 1. The van der Waals surface area contributed by atoms with Gasteiger partial charge in [-0.15, -0.1) is 0 Å². The Morgan fingerprint density at radius 2 is 1.28 bits per heavy atom. The maximum atomic E-state index is 11.2. The lowest BCUT2D eigenvalue weighted by atomic mass is 10.0. The monoisotopic (exact) mass is 478 g/mol. The molecule has 0 amide bonds. The van der Waals surface area contributed by atoms with Crippen molar-refractivity contribution < 1.29 is 28.1 Å². The molecule has 0 aliphatic heterocycles. The number of likely N-dealkylation sites (N-methyl/N-ethyl adjacent to an activating group) is 1. The molecular formula is C25H53NO5P+. The predicted octanol–water partition coefficient (Wildman–Crippen LogP) is 6.61. The molecule has 0 fully saturated rings. The Bertz CT molecular complexity index is 501. The van der Waals surface area contributed by atoms with Crippen LogP contribution in [0.25, 0.3) is 0 Å². The highest BCUT2D eigenvalue weighted by Gasteiger charge is 2.27. The number of rotatable bonds is 23. The lowest BCUT2D eigenvalue weighted by Crippen LogP contribution is -2.42. The molecule has 0 aromatic rings. The Morgan fingerprint density at radius 1 is 0.844 bits per heavy atom. The quantitative estimate of drug-likeness (QED) is 0.0747. The van der Waals surface area contributed by atoms with Gasteiger partial charge in [0.15, 0.2) is 0 Å². The first kappa shape index (κ1) is 31.8. The molecule has 0 spiro atoms. The molecule has 0 aromatic carbocycles. The lowest BCUT2D eigenvalue weighted by Gasteiger charge is -2.29. The van der Waals surface area contributed by atoms with Crippen LogP contribution in [0.1, 0.15) is 103 Å². The Morgan fingerprint density at radius 3 is 1.69 bits per heavy atom. The molecule has 0 aliphatic rings. The average molecular weight is 479 g/mol. The van der Waals surface area contributed by atoms with Crippen LogP contribution in [0.15, 0.2) is 12.2 Å². The first-order valence-electron chi connectivity index (χ1n) is 12.8. The van der Waals surface area contributed by atoms with E-state index >= 15 is 0 Å². The van der Waals surface area contributed by atoms with E-state index in [0.717, 1.165) is 12.0 Å². The van der Waals surface area contributed by atoms with Gasteiger partial charge in [-0.2, -0.15) is 0 Å². The van der Waals surface area contributed by atoms with Gasteiger partial charge < -0.3 is 19.0 Å². The smallest absolute Gasteiger partial charge is 0.377 e. The standard InChI is InChI=1S/C25H52NO5P/c1-6-7-8-9-10-11-12-13-14-15-16-17-18-19-20-30-23-24(2)21-25(22-26(3,4)5)31-32(27,28)29/h25H,2,6-23H2,1,3-5H3,(H-,27,28,29)/p+1. The number of hydrogen-bond acceptors (Lipinski definition) is 3. The third kappa shape index (κ3) is 24.4. The van der Waals surface area contributed by atoms with Gasteiger partial charge in [-0.3, -0.25) is 4.52 Å². The summed E-state index contributed by atoms with van der Waals surface area (Å²) in [4.78, 5) is 18.3. The third-order valence-electron chi connectivity index (χ3n) is 5.50. The molecule has 32 heavy (non-hydrogen) atoms. The lowest BCUT2D eigenvalue weighted by molar-refractivity contribution is -0.873. The van der Waals surface area contributed by atoms with Crippen molar-refractivity contribution in [2.75, 3.05) is 40.9 Å². The van der Waals surface area contributed by atoms with E-state index in [0.29, 0.717) is 30.7 Å². The summed E-state index contributed by atoms with van der Waals surface area (Å²) in [6.07, 6.45) is 18.5. The molecule has 7 heteroatoms. The average Bonchev–Trinajstić information content (AvgIpc) is 2.65. The fraction of sp³-hybridized carbons (Fsp3) is 0.920. The van der Waals surface area contributed by atoms with E-state index in [1.54, 1.807) is 0 Å². The maximum absolute atomic E-state index is 11.2. The van der Waals surface area contributed by atoms with Crippen molar-refractivity contribution in [1.29, 1.82) is 0 Å². The summed E-state index contributed by atoms with van der Waals surface area (Å²) in [5.41, 5.74) is 0.808. The molecule has 0 radical (unpaired) electrons. The molecule has 0 rings (SSSR count). The largest absolute Gasteiger partial charge is 0.470 e. The van der Waals surface area contributed by atoms with Crippen LogP contribution in [0.5, 0.6) is 0 Å². The summed E-state index contributed by atoms with van der Waals surface area (Å²) >= 11 is 0. The number of hydrogen-bond donors (Lipinski definition) is 2. The highest BCUT2D eigenvalue weighted by Crippen LogP contribution is 2.39. The molecule has 0 aromatic heterocycles. The van der Waals surface area contributed by atoms with Gasteiger partial charge in [-0.25, -0.2) is 4.57 Å². The normalized spacial score (nSPS) is 13.4. The zero-order valence-electron chi connectivity index (χ0n) is 21.5. The third-order valence-corrected chi connectivity index (χ3v) is 6.08. The van der Waals surface area contributed by atoms with Crippen LogP contribution in [-0.4, -0.2) is 61.3 Å². The molecule has 192 valence electrons. The first-order valence-corrected chi connectivity index (χ1v) is 14.4. The van der Waals surface area contributed by atoms with Gasteiger partial charge in [0, 0.05) is 13.0 Å². The van der Waals surface area contributed by atoms with Gasteiger partial charge in [0.05, 0.1) is 27.7 Å². The van der Waals surface area contributed by atoms with Crippen LogP contribution in [0.3, 0.4) is 0 Å². The summed E-state index contributed by atoms with van der Waals surface area (Å²) in [7, 11) is 1.37. The number of phosphoric acid groups is 1. The second kappa shape index (κ2) is 19.1. The van der Waals surface area contributed by atoms with Gasteiger partial charge in [-0.05, 0) is 12.0 Å². The minimum Gasteiger partial charge on any atom is -0.377 e. The van der Waals surface area contributed by atoms with E-state index in [2.05, 4.69) is 13.5 Å². The number of quaternary nitrogens is 1. The van der Waals surface area contributed by atoms with Crippen LogP contribution in [0.2, 0.25) is 0 Å². The molecule has 2 N–H and O–H groups in total. The van der Waals surface area contributed by atoms with E-state index < -0.39 is 13.9 Å². The predicted molar refractivity (Wildman–Crippen MR) is 135 cm³/mol. The van der Waals surface area contributed by atoms with Crippen LogP contribution < -0.4 is 0 Å². The molecule has 6 nitrogen and oxygen atoms in total. The second-order valence-electron chi connectivity index (χ2n) is 10.3. The van der Waals surface area contributed by atoms with E-state index in [4.69, 9.17) is 19.0 Å². The Labute approximate surface area is 198 Å². The van der Waals surface area contributed by atoms with Crippen LogP contribution >= 0.6 is 7.82 Å². The highest BCUT2D eigenvalue weighted by atomic mass is 31.2. The molecular weight excluding hydrogens is 425 g/mol.